The highest BCUT2D eigenvalue weighted by atomic mass is 14.3. The van der Waals surface area contributed by atoms with Crippen LogP contribution in [-0.2, 0) is 0 Å². The van der Waals surface area contributed by atoms with Crippen molar-refractivity contribution >= 4 is 0 Å². The molecule has 0 spiro atoms. The van der Waals surface area contributed by atoms with Crippen molar-refractivity contribution in [2.75, 3.05) is 0 Å². The molecule has 0 N–H and O–H groups in total. The first-order valence-corrected chi connectivity index (χ1v) is 14.1. The van der Waals surface area contributed by atoms with Gasteiger partial charge in [0.1, 0.15) is 0 Å². The lowest BCUT2D eigenvalue weighted by Gasteiger charge is -2.14. The van der Waals surface area contributed by atoms with E-state index in [9.17, 15) is 0 Å². The van der Waals surface area contributed by atoms with Crippen molar-refractivity contribution in [3.05, 3.63) is 106 Å². The van der Waals surface area contributed by atoms with Gasteiger partial charge >= 0.3 is 0 Å². The van der Waals surface area contributed by atoms with E-state index >= 15 is 0 Å². The third-order valence-corrected chi connectivity index (χ3v) is 8.63. The van der Waals surface area contributed by atoms with Crippen LogP contribution in [0.1, 0.15) is 97.6 Å². The summed E-state index contributed by atoms with van der Waals surface area (Å²) in [7, 11) is 0. The molecule has 2 unspecified atom stereocenters. The quantitative estimate of drug-likeness (QED) is 0.252. The number of fused-ring (bicyclic) bond motifs is 6. The third-order valence-electron chi connectivity index (χ3n) is 8.63. The Balaban J connectivity index is 1.44. The molecule has 2 atom stereocenters. The molecule has 2 aliphatic rings. The van der Waals surface area contributed by atoms with Crippen molar-refractivity contribution in [3.8, 4) is 33.4 Å². The third kappa shape index (κ3) is 3.83. The van der Waals surface area contributed by atoms with Gasteiger partial charge in [-0.1, -0.05) is 111 Å². The van der Waals surface area contributed by atoms with E-state index in [1.54, 1.807) is 0 Å². The molecule has 6 rings (SSSR count). The molecule has 0 heteroatoms. The van der Waals surface area contributed by atoms with E-state index in [0.29, 0.717) is 11.8 Å². The van der Waals surface area contributed by atoms with Crippen molar-refractivity contribution in [3.63, 3.8) is 0 Å². The first-order valence-electron chi connectivity index (χ1n) is 14.1. The number of benzene rings is 4. The van der Waals surface area contributed by atoms with Crippen LogP contribution in [0.5, 0.6) is 0 Å². The Morgan fingerprint density at radius 3 is 1.22 bits per heavy atom. The van der Waals surface area contributed by atoms with Crippen LogP contribution in [-0.4, -0.2) is 0 Å². The predicted octanol–water partition coefficient (Wildman–Crippen LogP) is 10.6. The average Bonchev–Trinajstić information content (AvgIpc) is 3.36. The van der Waals surface area contributed by atoms with Gasteiger partial charge in [-0.2, -0.15) is 0 Å². The lowest BCUT2D eigenvalue weighted by atomic mass is 9.89. The second-order valence-corrected chi connectivity index (χ2v) is 11.2. The zero-order valence-corrected chi connectivity index (χ0v) is 22.3. The van der Waals surface area contributed by atoms with Crippen molar-refractivity contribution in [2.24, 2.45) is 0 Å². The fraction of sp³-hybridized carbons (Fsp3) is 0.333. The highest BCUT2D eigenvalue weighted by Gasteiger charge is 2.30. The van der Waals surface area contributed by atoms with Crippen LogP contribution in [0.15, 0.2) is 72.8 Å². The van der Waals surface area contributed by atoms with Gasteiger partial charge in [0.2, 0.25) is 0 Å². The van der Waals surface area contributed by atoms with E-state index in [4.69, 9.17) is 0 Å². The fourth-order valence-corrected chi connectivity index (χ4v) is 6.73. The molecule has 0 radical (unpaired) electrons. The summed E-state index contributed by atoms with van der Waals surface area (Å²) in [5.74, 6) is 1.08. The Kier molecular flexibility index (Phi) is 6.08. The van der Waals surface area contributed by atoms with Gasteiger partial charge in [0, 0.05) is 11.8 Å². The maximum Gasteiger partial charge on any atom is 0.0102 e. The number of rotatable bonds is 7. The van der Waals surface area contributed by atoms with Gasteiger partial charge in [-0.05, 0) is 94.5 Å². The first kappa shape index (κ1) is 23.3. The van der Waals surface area contributed by atoms with Crippen molar-refractivity contribution in [2.45, 2.75) is 78.1 Å². The van der Waals surface area contributed by atoms with Gasteiger partial charge in [-0.25, -0.2) is 0 Å². The predicted molar refractivity (Wildman–Crippen MR) is 155 cm³/mol. The van der Waals surface area contributed by atoms with Gasteiger partial charge in [0.15, 0.2) is 0 Å². The molecule has 36 heavy (non-hydrogen) atoms. The van der Waals surface area contributed by atoms with Gasteiger partial charge in [-0.3, -0.25) is 0 Å². The standard InChI is InChI=1S/C36H38/c1-5-7-9-27-29-15-11-23(3)19-33(29)35-21-25(13-17-31(27)35)26-14-18-32-28(10-8-6-2)30-16-12-24(4)20-34(30)36(32)22-26/h11-22,27-28H,5-10H2,1-4H3. The van der Waals surface area contributed by atoms with E-state index in [1.165, 1.54) is 105 Å². The van der Waals surface area contributed by atoms with E-state index in [0.717, 1.165) is 0 Å². The first-order chi connectivity index (χ1) is 17.6. The summed E-state index contributed by atoms with van der Waals surface area (Å²) in [6, 6.07) is 28.7. The van der Waals surface area contributed by atoms with Crippen LogP contribution in [0.2, 0.25) is 0 Å². The van der Waals surface area contributed by atoms with Crippen LogP contribution < -0.4 is 0 Å². The number of hydrogen-bond acceptors (Lipinski definition) is 0. The molecular formula is C36H38. The molecule has 182 valence electrons. The minimum absolute atomic E-state index is 0.541. The summed E-state index contributed by atoms with van der Waals surface area (Å²) >= 11 is 0. The Labute approximate surface area is 217 Å². The minimum Gasteiger partial charge on any atom is -0.0654 e. The Morgan fingerprint density at radius 1 is 0.472 bits per heavy atom. The highest BCUT2D eigenvalue weighted by molar-refractivity contribution is 5.87. The Bertz CT molecular complexity index is 1330. The number of unbranched alkanes of at least 4 members (excludes halogenated alkanes) is 2. The fourth-order valence-electron chi connectivity index (χ4n) is 6.73. The molecule has 0 bridgehead atoms. The van der Waals surface area contributed by atoms with E-state index in [1.807, 2.05) is 0 Å². The zero-order chi connectivity index (χ0) is 24.8. The zero-order valence-electron chi connectivity index (χ0n) is 22.3. The molecular weight excluding hydrogens is 432 g/mol. The van der Waals surface area contributed by atoms with Crippen molar-refractivity contribution in [1.82, 2.24) is 0 Å². The SMILES string of the molecule is CCCCC1c2ccc(C)cc2-c2cc(-c3ccc4c(c3)-c3cc(C)ccc3C4CCCC)ccc21. The normalized spacial score (nSPS) is 17.0. The summed E-state index contributed by atoms with van der Waals surface area (Å²) < 4.78 is 0. The van der Waals surface area contributed by atoms with Crippen LogP contribution in [0.25, 0.3) is 33.4 Å². The monoisotopic (exact) mass is 470 g/mol. The minimum atomic E-state index is 0.541. The Hall–Kier alpha value is -3.12. The number of hydrogen-bond donors (Lipinski definition) is 0. The van der Waals surface area contributed by atoms with E-state index in [-0.39, 0.29) is 0 Å². The van der Waals surface area contributed by atoms with Gasteiger partial charge in [-0.15, -0.1) is 0 Å². The highest BCUT2D eigenvalue weighted by Crippen LogP contribution is 2.51. The van der Waals surface area contributed by atoms with Gasteiger partial charge < -0.3 is 0 Å². The molecule has 0 saturated carbocycles. The van der Waals surface area contributed by atoms with Crippen LogP contribution in [0, 0.1) is 13.8 Å². The molecule has 0 fully saturated rings. The molecule has 0 nitrogen and oxygen atoms in total. The van der Waals surface area contributed by atoms with E-state index in [2.05, 4.69) is 100 Å². The van der Waals surface area contributed by atoms with Gasteiger partial charge in [0.25, 0.3) is 0 Å². The summed E-state index contributed by atoms with van der Waals surface area (Å²) in [5.41, 5.74) is 17.3. The molecule has 0 aliphatic heterocycles. The lowest BCUT2D eigenvalue weighted by Crippen LogP contribution is -1.97. The molecule has 0 heterocycles. The molecule has 0 amide bonds. The van der Waals surface area contributed by atoms with Crippen LogP contribution in [0.3, 0.4) is 0 Å². The second kappa shape index (κ2) is 9.40. The maximum absolute atomic E-state index is 2.47. The second-order valence-electron chi connectivity index (χ2n) is 11.2. The van der Waals surface area contributed by atoms with E-state index < -0.39 is 0 Å². The van der Waals surface area contributed by atoms with Crippen molar-refractivity contribution in [1.29, 1.82) is 0 Å². The topological polar surface area (TPSA) is 0 Å². The molecule has 0 aromatic heterocycles. The van der Waals surface area contributed by atoms with Crippen molar-refractivity contribution < 1.29 is 0 Å². The molecule has 0 saturated heterocycles. The smallest absolute Gasteiger partial charge is 0.0102 e. The maximum atomic E-state index is 2.47. The van der Waals surface area contributed by atoms with Crippen LogP contribution in [0.4, 0.5) is 0 Å². The summed E-state index contributed by atoms with van der Waals surface area (Å²) in [6.45, 7) is 9.04. The van der Waals surface area contributed by atoms with Crippen LogP contribution >= 0.6 is 0 Å². The van der Waals surface area contributed by atoms with Gasteiger partial charge in [0.05, 0.1) is 0 Å². The largest absolute Gasteiger partial charge is 0.0654 e. The summed E-state index contributed by atoms with van der Waals surface area (Å²) in [5, 5.41) is 0. The molecule has 2 aliphatic carbocycles. The number of aryl methyl sites for hydroxylation is 2. The summed E-state index contributed by atoms with van der Waals surface area (Å²) in [6.07, 6.45) is 7.55. The summed E-state index contributed by atoms with van der Waals surface area (Å²) in [4.78, 5) is 0. The Morgan fingerprint density at radius 2 is 0.833 bits per heavy atom. The average molecular weight is 471 g/mol. The lowest BCUT2D eigenvalue weighted by molar-refractivity contribution is 0.659. The molecule has 4 aromatic rings. The molecule has 4 aromatic carbocycles.